The average Bonchev–Trinajstić information content (AvgIpc) is 3.25. The van der Waals surface area contributed by atoms with E-state index in [0.29, 0.717) is 23.4 Å². The number of aromatic nitrogens is 3. The van der Waals surface area contributed by atoms with Gasteiger partial charge in [0.15, 0.2) is 0 Å². The summed E-state index contributed by atoms with van der Waals surface area (Å²) in [5.74, 6) is 1.19. The van der Waals surface area contributed by atoms with E-state index in [4.69, 9.17) is 11.1 Å². The number of fused-ring (bicyclic) bond motifs is 1. The molecule has 0 aromatic carbocycles. The molecular weight excluding hydrogens is 490 g/mol. The van der Waals surface area contributed by atoms with Crippen LogP contribution in [0.2, 0.25) is 0 Å². The number of aromatic amines is 1. The number of unbranched alkanes of at least 4 members (excludes halogenated alkanes) is 1. The van der Waals surface area contributed by atoms with Gasteiger partial charge in [-0.25, -0.2) is 9.97 Å². The number of amides is 1. The number of carbonyl (C=O) groups excluding carboxylic acids is 1. The van der Waals surface area contributed by atoms with Crippen LogP contribution in [0.15, 0.2) is 60.8 Å². The van der Waals surface area contributed by atoms with Gasteiger partial charge >= 0.3 is 0 Å². The van der Waals surface area contributed by atoms with Gasteiger partial charge in [0, 0.05) is 85.2 Å². The first-order valence-corrected chi connectivity index (χ1v) is 13.3. The Morgan fingerprint density at radius 1 is 1.21 bits per heavy atom. The predicted octanol–water partition coefficient (Wildman–Crippen LogP) is 3.36. The zero-order valence-corrected chi connectivity index (χ0v) is 22.4. The van der Waals surface area contributed by atoms with Gasteiger partial charge in [-0.05, 0) is 43.8 Å². The van der Waals surface area contributed by atoms with Crippen molar-refractivity contribution in [3.05, 3.63) is 77.7 Å². The van der Waals surface area contributed by atoms with Crippen molar-refractivity contribution in [2.45, 2.75) is 26.2 Å². The summed E-state index contributed by atoms with van der Waals surface area (Å²) in [6.45, 7) is 5.85. The lowest BCUT2D eigenvalue weighted by Crippen LogP contribution is -2.44. The molecule has 0 atom stereocenters. The van der Waals surface area contributed by atoms with Crippen molar-refractivity contribution in [3.63, 3.8) is 0 Å². The second-order valence-electron chi connectivity index (χ2n) is 9.95. The van der Waals surface area contributed by atoms with Crippen LogP contribution in [0.4, 0.5) is 11.6 Å². The highest BCUT2D eigenvalue weighted by molar-refractivity contribution is 6.15. The molecule has 202 valence electrons. The molecule has 10 nitrogen and oxygen atoms in total. The van der Waals surface area contributed by atoms with E-state index < -0.39 is 0 Å². The van der Waals surface area contributed by atoms with Crippen LogP contribution in [0.3, 0.4) is 0 Å². The standard InChI is InChI=1S/C29H35N9O/c1-3-4-5-26(39)35-21-6-8-32-17-19(14-21)20-15-23(28(31)34-18-20)27(30)25-16-22-24(36-25)7-9-33-29(22)38-12-10-37(2)11-13-38/h6-9,14-18,30,32,36H,3-5,10-13H2,1-2H3,(H2,31,34)(H,35,39). The Morgan fingerprint density at radius 3 is 2.82 bits per heavy atom. The van der Waals surface area contributed by atoms with Crippen LogP contribution < -0.4 is 21.3 Å². The van der Waals surface area contributed by atoms with Crippen LogP contribution in [0.5, 0.6) is 0 Å². The van der Waals surface area contributed by atoms with Gasteiger partial charge in [-0.15, -0.1) is 0 Å². The molecule has 5 rings (SSSR count). The summed E-state index contributed by atoms with van der Waals surface area (Å²) in [5.41, 5.74) is 10.9. The van der Waals surface area contributed by atoms with Gasteiger partial charge in [-0.3, -0.25) is 10.2 Å². The number of rotatable bonds is 8. The second-order valence-corrected chi connectivity index (χ2v) is 9.95. The molecule has 0 unspecified atom stereocenters. The van der Waals surface area contributed by atoms with Crippen molar-refractivity contribution in [3.8, 4) is 0 Å². The van der Waals surface area contributed by atoms with Gasteiger partial charge in [0.25, 0.3) is 0 Å². The monoisotopic (exact) mass is 525 g/mol. The SMILES string of the molecule is CCCCC(=O)NC1=CC(c2cnc(N)c(C(=N)c3cc4c(N5CCN(C)CC5)nccc4[nH]3)c2)=CNC=C1. The van der Waals surface area contributed by atoms with Crippen LogP contribution in [0.1, 0.15) is 43.0 Å². The average molecular weight is 526 g/mol. The second kappa shape index (κ2) is 11.5. The third-order valence-electron chi connectivity index (χ3n) is 7.07. The molecule has 6 N–H and O–H groups in total. The van der Waals surface area contributed by atoms with Crippen LogP contribution in [0.25, 0.3) is 16.5 Å². The van der Waals surface area contributed by atoms with E-state index in [9.17, 15) is 4.79 Å². The summed E-state index contributed by atoms with van der Waals surface area (Å²) in [6.07, 6.45) is 13.1. The highest BCUT2D eigenvalue weighted by Gasteiger charge is 2.20. The zero-order valence-electron chi connectivity index (χ0n) is 22.4. The number of hydrogen-bond acceptors (Lipinski definition) is 8. The number of nitrogens with two attached hydrogens (primary N) is 1. The largest absolute Gasteiger partial charge is 0.383 e. The first-order valence-electron chi connectivity index (χ1n) is 13.3. The maximum Gasteiger partial charge on any atom is 0.224 e. The number of carbonyl (C=O) groups is 1. The van der Waals surface area contributed by atoms with Gasteiger partial charge in [-0.1, -0.05) is 13.3 Å². The highest BCUT2D eigenvalue weighted by atomic mass is 16.1. The van der Waals surface area contributed by atoms with Crippen molar-refractivity contribution in [1.29, 1.82) is 5.41 Å². The normalized spacial score (nSPS) is 15.9. The molecule has 1 saturated heterocycles. The number of anilines is 2. The Morgan fingerprint density at radius 2 is 2.03 bits per heavy atom. The number of pyridine rings is 2. The fourth-order valence-electron chi connectivity index (χ4n) is 4.76. The van der Waals surface area contributed by atoms with E-state index >= 15 is 0 Å². The Hall–Kier alpha value is -4.44. The van der Waals surface area contributed by atoms with E-state index in [1.54, 1.807) is 18.6 Å². The van der Waals surface area contributed by atoms with Crippen LogP contribution in [0, 0.1) is 5.41 Å². The molecule has 2 aliphatic heterocycles. The van der Waals surface area contributed by atoms with Crippen molar-refractivity contribution >= 4 is 39.7 Å². The molecule has 0 bridgehead atoms. The lowest BCUT2D eigenvalue weighted by molar-refractivity contribution is -0.120. The molecule has 1 amide bonds. The Bertz CT molecular complexity index is 1480. The van der Waals surface area contributed by atoms with Gasteiger partial charge in [0.1, 0.15) is 11.6 Å². The maximum absolute atomic E-state index is 12.3. The number of nitrogens with one attached hydrogen (secondary N) is 4. The third-order valence-corrected chi connectivity index (χ3v) is 7.07. The molecular formula is C29H35N9O. The molecule has 2 aliphatic rings. The first kappa shape index (κ1) is 26.2. The predicted molar refractivity (Wildman–Crippen MR) is 156 cm³/mol. The number of likely N-dealkylation sites (N-methyl/N-ethyl adjacent to an activating group) is 1. The molecule has 1 fully saturated rings. The minimum absolute atomic E-state index is 0.0175. The van der Waals surface area contributed by atoms with Gasteiger partial charge in [0.05, 0.1) is 16.9 Å². The van der Waals surface area contributed by atoms with Crippen molar-refractivity contribution < 1.29 is 4.79 Å². The number of nitrogens with zero attached hydrogens (tertiary/aromatic N) is 4. The smallest absolute Gasteiger partial charge is 0.224 e. The summed E-state index contributed by atoms with van der Waals surface area (Å²) in [7, 11) is 2.13. The van der Waals surface area contributed by atoms with Crippen LogP contribution in [-0.4, -0.2) is 64.7 Å². The van der Waals surface area contributed by atoms with E-state index in [0.717, 1.165) is 66.9 Å². The lowest BCUT2D eigenvalue weighted by atomic mass is 10.0. The summed E-state index contributed by atoms with van der Waals surface area (Å²) in [5, 5.41) is 16.1. The van der Waals surface area contributed by atoms with Crippen molar-refractivity contribution in [2.24, 2.45) is 0 Å². The molecule has 3 aromatic rings. The number of H-pyrrole nitrogens is 1. The summed E-state index contributed by atoms with van der Waals surface area (Å²) < 4.78 is 0. The van der Waals surface area contributed by atoms with E-state index in [1.807, 2.05) is 36.6 Å². The fourth-order valence-corrected chi connectivity index (χ4v) is 4.76. The molecule has 0 radical (unpaired) electrons. The zero-order chi connectivity index (χ0) is 27.4. The molecule has 0 spiro atoms. The summed E-state index contributed by atoms with van der Waals surface area (Å²) in [4.78, 5) is 29.3. The Kier molecular flexibility index (Phi) is 7.74. The number of piperazine rings is 1. The van der Waals surface area contributed by atoms with E-state index in [-0.39, 0.29) is 17.4 Å². The summed E-state index contributed by atoms with van der Waals surface area (Å²) >= 11 is 0. The van der Waals surface area contributed by atoms with Gasteiger partial charge in [-0.2, -0.15) is 0 Å². The topological polar surface area (TPSA) is 139 Å². The van der Waals surface area contributed by atoms with Crippen molar-refractivity contribution in [2.75, 3.05) is 43.9 Å². The Labute approximate surface area is 228 Å². The van der Waals surface area contributed by atoms with E-state index in [2.05, 4.69) is 49.4 Å². The molecule has 39 heavy (non-hydrogen) atoms. The molecule has 5 heterocycles. The van der Waals surface area contributed by atoms with Gasteiger partial charge in [0.2, 0.25) is 5.91 Å². The molecule has 0 aliphatic carbocycles. The van der Waals surface area contributed by atoms with Crippen LogP contribution in [-0.2, 0) is 4.79 Å². The molecule has 3 aromatic heterocycles. The quantitative estimate of drug-likeness (QED) is 0.284. The minimum atomic E-state index is -0.0175. The summed E-state index contributed by atoms with van der Waals surface area (Å²) in [6, 6.07) is 5.77. The van der Waals surface area contributed by atoms with Crippen molar-refractivity contribution in [1.82, 2.24) is 30.5 Å². The van der Waals surface area contributed by atoms with Crippen LogP contribution >= 0.6 is 0 Å². The number of nitrogen functional groups attached to an aromatic ring is 1. The van der Waals surface area contributed by atoms with E-state index in [1.165, 1.54) is 0 Å². The minimum Gasteiger partial charge on any atom is -0.383 e. The Balaban J connectivity index is 1.42. The third kappa shape index (κ3) is 5.85. The first-order chi connectivity index (χ1) is 18.9. The molecule has 10 heteroatoms. The lowest BCUT2D eigenvalue weighted by Gasteiger charge is -2.33. The maximum atomic E-state index is 12.3. The van der Waals surface area contributed by atoms with Gasteiger partial charge < -0.3 is 31.2 Å². The highest BCUT2D eigenvalue weighted by Crippen LogP contribution is 2.28. The molecule has 0 saturated carbocycles. The number of hydrogen-bond donors (Lipinski definition) is 5. The number of allylic oxidation sites excluding steroid dienone is 3. The fraction of sp³-hybridized carbons (Fsp3) is 0.310.